The van der Waals surface area contributed by atoms with Crippen molar-refractivity contribution < 1.29 is 25.9 Å². The van der Waals surface area contributed by atoms with Crippen molar-refractivity contribution in [3.05, 3.63) is 66.7 Å². The molecule has 0 spiro atoms. The highest BCUT2D eigenvalue weighted by molar-refractivity contribution is 7.86. The molecule has 4 aromatic carbocycles. The van der Waals surface area contributed by atoms with Crippen LogP contribution in [0.1, 0.15) is 0 Å². The van der Waals surface area contributed by atoms with Crippen LogP contribution in [0.2, 0.25) is 0 Å². The van der Waals surface area contributed by atoms with Crippen LogP contribution < -0.4 is 5.73 Å². The first-order valence-electron chi connectivity index (χ1n) is 8.76. The van der Waals surface area contributed by atoms with Crippen LogP contribution in [0.3, 0.4) is 0 Å². The molecule has 0 radical (unpaired) electrons. The summed E-state index contributed by atoms with van der Waals surface area (Å²) in [7, 11) is -8.82. The predicted octanol–water partition coefficient (Wildman–Crippen LogP) is 4.48. The lowest BCUT2D eigenvalue weighted by Crippen LogP contribution is -1.98. The highest BCUT2D eigenvalue weighted by atomic mass is 32.2. The van der Waals surface area contributed by atoms with Gasteiger partial charge >= 0.3 is 0 Å². The Labute approximate surface area is 177 Å². The van der Waals surface area contributed by atoms with Crippen LogP contribution in [0.25, 0.3) is 21.5 Å². The number of nitrogens with zero attached hydrogens (tertiary/aromatic N) is 2. The van der Waals surface area contributed by atoms with E-state index >= 15 is 0 Å². The van der Waals surface area contributed by atoms with Gasteiger partial charge in [-0.15, -0.1) is 10.2 Å². The molecule has 31 heavy (non-hydrogen) atoms. The van der Waals surface area contributed by atoms with E-state index in [2.05, 4.69) is 10.2 Å². The molecule has 0 bridgehead atoms. The van der Waals surface area contributed by atoms with Crippen LogP contribution in [0.5, 0.6) is 0 Å². The van der Waals surface area contributed by atoms with Crippen molar-refractivity contribution in [2.75, 3.05) is 5.73 Å². The summed E-state index contributed by atoms with van der Waals surface area (Å²) < 4.78 is 64.8. The molecular weight excluding hydrogens is 442 g/mol. The van der Waals surface area contributed by atoms with E-state index in [1.807, 2.05) is 0 Å². The van der Waals surface area contributed by atoms with E-state index < -0.39 is 20.2 Å². The van der Waals surface area contributed by atoms with Gasteiger partial charge in [0.1, 0.15) is 4.90 Å². The Hall–Kier alpha value is -3.38. The second-order valence-electron chi connectivity index (χ2n) is 6.66. The van der Waals surface area contributed by atoms with Gasteiger partial charge in [-0.05, 0) is 36.4 Å². The number of hydrogen-bond donors (Lipinski definition) is 3. The molecule has 0 saturated heterocycles. The van der Waals surface area contributed by atoms with E-state index in [9.17, 15) is 25.9 Å². The van der Waals surface area contributed by atoms with Crippen LogP contribution in [-0.2, 0) is 20.2 Å². The smallest absolute Gasteiger partial charge is 0.295 e. The molecule has 0 aliphatic heterocycles. The Balaban J connectivity index is 1.86. The van der Waals surface area contributed by atoms with Gasteiger partial charge in [0.15, 0.2) is 0 Å². The first kappa shape index (κ1) is 20.9. The first-order valence-corrected chi connectivity index (χ1v) is 11.6. The van der Waals surface area contributed by atoms with Crippen molar-refractivity contribution in [3.63, 3.8) is 0 Å². The molecule has 0 atom stereocenters. The molecule has 11 heteroatoms. The van der Waals surface area contributed by atoms with Crippen molar-refractivity contribution in [3.8, 4) is 0 Å². The fraction of sp³-hybridized carbons (Fsp3) is 0. The van der Waals surface area contributed by atoms with Gasteiger partial charge in [-0.3, -0.25) is 9.11 Å². The molecule has 158 valence electrons. The number of rotatable bonds is 4. The minimum atomic E-state index is -4.42. The number of hydrogen-bond acceptors (Lipinski definition) is 7. The number of anilines is 1. The summed E-state index contributed by atoms with van der Waals surface area (Å²) in [6.07, 6.45) is 0. The van der Waals surface area contributed by atoms with Gasteiger partial charge in [-0.25, -0.2) is 0 Å². The summed E-state index contributed by atoms with van der Waals surface area (Å²) >= 11 is 0. The molecule has 0 heterocycles. The standard InChI is InChI=1S/C20H15N3O6S2/c21-17-9-10-19(14-8-7-12(11-16(14)17)30(24,25)26)23-22-18-5-1-4-15-13(18)3-2-6-20(15)31(27,28)29/h1-11H,21H2,(H,24,25,26)(H,27,28,29). The van der Waals surface area contributed by atoms with Gasteiger partial charge in [-0.1, -0.05) is 30.3 Å². The molecule has 0 amide bonds. The van der Waals surface area contributed by atoms with E-state index in [0.29, 0.717) is 38.6 Å². The summed E-state index contributed by atoms with van der Waals surface area (Å²) in [6.45, 7) is 0. The molecule has 9 nitrogen and oxygen atoms in total. The van der Waals surface area contributed by atoms with Crippen molar-refractivity contribution >= 4 is 58.8 Å². The molecule has 0 aromatic heterocycles. The van der Waals surface area contributed by atoms with Gasteiger partial charge in [0.25, 0.3) is 20.2 Å². The van der Waals surface area contributed by atoms with E-state index in [1.165, 1.54) is 36.4 Å². The topological polar surface area (TPSA) is 159 Å². The molecule has 0 fully saturated rings. The number of nitrogen functional groups attached to an aromatic ring is 1. The summed E-state index contributed by atoms with van der Waals surface area (Å²) in [5, 5.41) is 10.1. The van der Waals surface area contributed by atoms with Crippen molar-refractivity contribution in [1.82, 2.24) is 0 Å². The quantitative estimate of drug-likeness (QED) is 0.231. The Morgan fingerprint density at radius 3 is 1.94 bits per heavy atom. The summed E-state index contributed by atoms with van der Waals surface area (Å²) in [6, 6.07) is 16.3. The van der Waals surface area contributed by atoms with Gasteiger partial charge in [0, 0.05) is 27.2 Å². The molecule has 0 aliphatic carbocycles. The molecule has 4 aromatic rings. The summed E-state index contributed by atoms with van der Waals surface area (Å²) in [4.78, 5) is -0.537. The third kappa shape index (κ3) is 3.99. The van der Waals surface area contributed by atoms with Crippen LogP contribution in [0.15, 0.2) is 86.7 Å². The highest BCUT2D eigenvalue weighted by Crippen LogP contribution is 2.35. The van der Waals surface area contributed by atoms with Crippen molar-refractivity contribution in [2.45, 2.75) is 9.79 Å². The van der Waals surface area contributed by atoms with Crippen LogP contribution in [0.4, 0.5) is 17.1 Å². The average molecular weight is 457 g/mol. The fourth-order valence-corrected chi connectivity index (χ4v) is 4.48. The van der Waals surface area contributed by atoms with E-state index in [4.69, 9.17) is 5.73 Å². The second kappa shape index (κ2) is 7.39. The number of azo groups is 1. The van der Waals surface area contributed by atoms with Crippen molar-refractivity contribution in [1.29, 1.82) is 0 Å². The molecular formula is C20H15N3O6S2. The largest absolute Gasteiger partial charge is 0.398 e. The number of nitrogens with two attached hydrogens (primary N) is 1. The zero-order valence-electron chi connectivity index (χ0n) is 15.7. The lowest BCUT2D eigenvalue weighted by atomic mass is 10.1. The maximum absolute atomic E-state index is 11.6. The molecule has 4 N–H and O–H groups in total. The maximum Gasteiger partial charge on any atom is 0.295 e. The Bertz CT molecular complexity index is 1600. The lowest BCUT2D eigenvalue weighted by molar-refractivity contribution is 0.481. The molecule has 0 aliphatic rings. The van der Waals surface area contributed by atoms with Gasteiger partial charge in [0.2, 0.25) is 0 Å². The highest BCUT2D eigenvalue weighted by Gasteiger charge is 2.15. The van der Waals surface area contributed by atoms with E-state index in [1.54, 1.807) is 30.3 Å². The van der Waals surface area contributed by atoms with Crippen LogP contribution in [-0.4, -0.2) is 25.9 Å². The molecule has 4 rings (SSSR count). The van der Waals surface area contributed by atoms with Crippen molar-refractivity contribution in [2.24, 2.45) is 10.2 Å². The van der Waals surface area contributed by atoms with Crippen LogP contribution >= 0.6 is 0 Å². The third-order valence-corrected chi connectivity index (χ3v) is 6.46. The predicted molar refractivity (Wildman–Crippen MR) is 116 cm³/mol. The molecule has 0 saturated carbocycles. The van der Waals surface area contributed by atoms with E-state index in [0.717, 1.165) is 0 Å². The summed E-state index contributed by atoms with van der Waals surface area (Å²) in [5.41, 5.74) is 6.99. The average Bonchev–Trinajstić information content (AvgIpc) is 2.71. The summed E-state index contributed by atoms with van der Waals surface area (Å²) in [5.74, 6) is 0. The SMILES string of the molecule is Nc1ccc(N=Nc2cccc3c(S(=O)(=O)O)cccc23)c2ccc(S(=O)(=O)O)cc12. The lowest BCUT2D eigenvalue weighted by Gasteiger charge is -2.07. The Kier molecular flexibility index (Phi) is 4.98. The molecule has 0 unspecified atom stereocenters. The zero-order chi connectivity index (χ0) is 22.4. The van der Waals surface area contributed by atoms with Gasteiger partial charge in [0.05, 0.1) is 16.3 Å². The Morgan fingerprint density at radius 1 is 0.645 bits per heavy atom. The zero-order valence-corrected chi connectivity index (χ0v) is 17.3. The second-order valence-corrected chi connectivity index (χ2v) is 9.47. The van der Waals surface area contributed by atoms with Gasteiger partial charge in [-0.2, -0.15) is 16.8 Å². The Morgan fingerprint density at radius 2 is 1.26 bits per heavy atom. The number of benzene rings is 4. The fourth-order valence-electron chi connectivity index (χ4n) is 3.27. The minimum absolute atomic E-state index is 0.238. The minimum Gasteiger partial charge on any atom is -0.398 e. The van der Waals surface area contributed by atoms with Crippen LogP contribution in [0, 0.1) is 0 Å². The van der Waals surface area contributed by atoms with Gasteiger partial charge < -0.3 is 5.73 Å². The third-order valence-electron chi connectivity index (χ3n) is 4.70. The monoisotopic (exact) mass is 457 g/mol. The first-order chi connectivity index (χ1) is 14.6. The number of fused-ring (bicyclic) bond motifs is 2. The van der Waals surface area contributed by atoms with E-state index in [-0.39, 0.29) is 9.79 Å². The normalized spacial score (nSPS) is 12.7. The maximum atomic E-state index is 11.6.